The molecule has 0 spiro atoms. The zero-order chi connectivity index (χ0) is 24.5. The molecule has 4 nitrogen and oxygen atoms in total. The summed E-state index contributed by atoms with van der Waals surface area (Å²) in [6, 6.07) is 2.51. The van der Waals surface area contributed by atoms with E-state index in [0.717, 1.165) is 12.1 Å². The third-order valence-corrected chi connectivity index (χ3v) is 6.32. The zero-order valence-corrected chi connectivity index (χ0v) is 20.0. The van der Waals surface area contributed by atoms with Crippen LogP contribution in [0, 0.1) is 18.6 Å². The number of thiazole rings is 1. The van der Waals surface area contributed by atoms with Crippen LogP contribution >= 0.6 is 22.9 Å². The molecule has 0 aliphatic rings. The van der Waals surface area contributed by atoms with Crippen molar-refractivity contribution < 1.29 is 22.0 Å². The minimum Gasteiger partial charge on any atom is -0.296 e. The predicted octanol–water partition coefficient (Wildman–Crippen LogP) is 6.68. The average Bonchev–Trinajstić information content (AvgIpc) is 3.10. The Morgan fingerprint density at radius 3 is 2.39 bits per heavy atom. The summed E-state index contributed by atoms with van der Waals surface area (Å²) in [5, 5.41) is 0.108. The largest absolute Gasteiger partial charge is 0.416 e. The van der Waals surface area contributed by atoms with Crippen molar-refractivity contribution in [3.63, 3.8) is 0 Å². The van der Waals surface area contributed by atoms with Gasteiger partial charge in [0.25, 0.3) is 0 Å². The molecule has 0 atom stereocenters. The molecule has 178 valence electrons. The molecule has 2 aromatic heterocycles. The Labute approximate surface area is 197 Å². The number of alkyl halides is 3. The number of aryl methyl sites for hydroxylation is 1. The van der Waals surface area contributed by atoms with Gasteiger partial charge in [0.1, 0.15) is 11.6 Å². The van der Waals surface area contributed by atoms with Gasteiger partial charge in [-0.05, 0) is 45.5 Å². The van der Waals surface area contributed by atoms with Crippen molar-refractivity contribution in [3.8, 4) is 11.3 Å². The van der Waals surface area contributed by atoms with Gasteiger partial charge in [-0.3, -0.25) is 4.90 Å². The molecule has 3 aromatic rings. The Bertz CT molecular complexity index is 1150. The lowest BCUT2D eigenvalue weighted by Crippen LogP contribution is -2.29. The fourth-order valence-corrected chi connectivity index (χ4v) is 4.73. The van der Waals surface area contributed by atoms with E-state index in [1.54, 1.807) is 6.92 Å². The number of halogens is 6. The van der Waals surface area contributed by atoms with Crippen molar-refractivity contribution in [2.75, 3.05) is 6.54 Å². The lowest BCUT2D eigenvalue weighted by atomic mass is 10.1. The SMILES string of the molecule is CCN(Cc1sc(Cc2nc(C)nc(Cl)c2F)nc1-c1cc(F)cc(C(F)(F)F)c1)C(C)C. The maximum atomic E-state index is 14.4. The van der Waals surface area contributed by atoms with E-state index in [2.05, 4.69) is 19.9 Å². The fraction of sp³-hybridized carbons (Fsp3) is 0.409. The highest BCUT2D eigenvalue weighted by Gasteiger charge is 2.32. The molecule has 0 bridgehead atoms. The number of hydrogen-bond donors (Lipinski definition) is 0. The zero-order valence-electron chi connectivity index (χ0n) is 18.4. The molecule has 2 heterocycles. The van der Waals surface area contributed by atoms with E-state index < -0.39 is 23.4 Å². The van der Waals surface area contributed by atoms with Crippen LogP contribution in [0.15, 0.2) is 18.2 Å². The van der Waals surface area contributed by atoms with Crippen LogP contribution in [0.3, 0.4) is 0 Å². The molecule has 0 saturated carbocycles. The molecule has 0 radical (unpaired) electrons. The van der Waals surface area contributed by atoms with Gasteiger partial charge in [-0.1, -0.05) is 18.5 Å². The second-order valence-corrected chi connectivity index (χ2v) is 9.29. The Morgan fingerprint density at radius 2 is 1.79 bits per heavy atom. The second-order valence-electron chi connectivity index (χ2n) is 7.76. The minimum atomic E-state index is -4.71. The van der Waals surface area contributed by atoms with Crippen LogP contribution in [0.2, 0.25) is 5.15 Å². The topological polar surface area (TPSA) is 41.9 Å². The number of nitrogens with zero attached hydrogens (tertiary/aromatic N) is 4. The number of aromatic nitrogens is 3. The first-order chi connectivity index (χ1) is 15.4. The molecular formula is C22H22ClF5N4S. The van der Waals surface area contributed by atoms with Gasteiger partial charge in [-0.2, -0.15) is 13.2 Å². The molecule has 0 aliphatic heterocycles. The first-order valence-electron chi connectivity index (χ1n) is 10.2. The van der Waals surface area contributed by atoms with Gasteiger partial charge >= 0.3 is 6.18 Å². The first-order valence-corrected chi connectivity index (χ1v) is 11.4. The summed E-state index contributed by atoms with van der Waals surface area (Å²) >= 11 is 7.04. The molecule has 0 fully saturated rings. The van der Waals surface area contributed by atoms with E-state index >= 15 is 0 Å². The lowest BCUT2D eigenvalue weighted by molar-refractivity contribution is -0.137. The van der Waals surface area contributed by atoms with E-state index in [1.165, 1.54) is 11.3 Å². The van der Waals surface area contributed by atoms with Crippen molar-refractivity contribution in [3.05, 3.63) is 62.0 Å². The molecule has 1 aromatic carbocycles. The van der Waals surface area contributed by atoms with Crippen LogP contribution < -0.4 is 0 Å². The summed E-state index contributed by atoms with van der Waals surface area (Å²) in [6.07, 6.45) is -4.73. The maximum Gasteiger partial charge on any atom is 0.416 e. The number of rotatable bonds is 7. The summed E-state index contributed by atoms with van der Waals surface area (Å²) in [5.41, 5.74) is -0.822. The average molecular weight is 505 g/mol. The van der Waals surface area contributed by atoms with E-state index in [-0.39, 0.29) is 40.4 Å². The van der Waals surface area contributed by atoms with Crippen molar-refractivity contribution in [1.29, 1.82) is 0 Å². The highest BCUT2D eigenvalue weighted by molar-refractivity contribution is 7.12. The summed E-state index contributed by atoms with van der Waals surface area (Å²) in [4.78, 5) is 15.1. The third-order valence-electron chi connectivity index (χ3n) is 5.03. The van der Waals surface area contributed by atoms with E-state index in [9.17, 15) is 22.0 Å². The van der Waals surface area contributed by atoms with E-state index in [1.807, 2.05) is 20.8 Å². The molecule has 0 aliphatic carbocycles. The van der Waals surface area contributed by atoms with Gasteiger partial charge in [0.15, 0.2) is 11.0 Å². The molecular weight excluding hydrogens is 483 g/mol. The van der Waals surface area contributed by atoms with Crippen LogP contribution in [-0.2, 0) is 19.1 Å². The monoisotopic (exact) mass is 504 g/mol. The van der Waals surface area contributed by atoms with Crippen molar-refractivity contribution in [2.45, 2.75) is 52.9 Å². The Kier molecular flexibility index (Phi) is 7.70. The van der Waals surface area contributed by atoms with Crippen LogP contribution in [0.4, 0.5) is 22.0 Å². The van der Waals surface area contributed by atoms with Crippen LogP contribution in [-0.4, -0.2) is 32.4 Å². The van der Waals surface area contributed by atoms with Crippen molar-refractivity contribution in [2.24, 2.45) is 0 Å². The molecule has 0 amide bonds. The molecule has 11 heteroatoms. The highest BCUT2D eigenvalue weighted by Crippen LogP contribution is 2.36. The van der Waals surface area contributed by atoms with Crippen LogP contribution in [0.25, 0.3) is 11.3 Å². The number of hydrogen-bond acceptors (Lipinski definition) is 5. The Hall–Kier alpha value is -2.17. The highest BCUT2D eigenvalue weighted by atomic mass is 35.5. The van der Waals surface area contributed by atoms with E-state index in [4.69, 9.17) is 11.6 Å². The molecule has 0 N–H and O–H groups in total. The standard InChI is InChI=1S/C22H22ClF5N4S/c1-5-32(11(2)3)10-17-20(13-6-14(22(26,27)28)8-15(24)7-13)31-18(33-17)9-16-19(25)21(23)30-12(4)29-16/h6-8,11H,5,9-10H2,1-4H3. The second kappa shape index (κ2) is 9.99. The molecule has 0 saturated heterocycles. The predicted molar refractivity (Wildman–Crippen MR) is 118 cm³/mol. The molecule has 33 heavy (non-hydrogen) atoms. The lowest BCUT2D eigenvalue weighted by Gasteiger charge is -2.24. The van der Waals surface area contributed by atoms with Gasteiger partial charge in [-0.25, -0.2) is 23.7 Å². The van der Waals surface area contributed by atoms with Crippen LogP contribution in [0.5, 0.6) is 0 Å². The van der Waals surface area contributed by atoms with Gasteiger partial charge < -0.3 is 0 Å². The van der Waals surface area contributed by atoms with Gasteiger partial charge in [0.2, 0.25) is 0 Å². The first kappa shape index (κ1) is 25.5. The van der Waals surface area contributed by atoms with Crippen molar-refractivity contribution in [1.82, 2.24) is 19.9 Å². The smallest absolute Gasteiger partial charge is 0.296 e. The Balaban J connectivity index is 2.11. The van der Waals surface area contributed by atoms with Crippen molar-refractivity contribution >= 4 is 22.9 Å². The quantitative estimate of drug-likeness (QED) is 0.266. The minimum absolute atomic E-state index is 0.0111. The normalized spacial score (nSPS) is 12.2. The summed E-state index contributed by atoms with van der Waals surface area (Å²) in [7, 11) is 0. The van der Waals surface area contributed by atoms with E-state index in [0.29, 0.717) is 29.0 Å². The maximum absolute atomic E-state index is 14.4. The van der Waals surface area contributed by atoms with Gasteiger partial charge in [0.05, 0.1) is 22.0 Å². The van der Waals surface area contributed by atoms with Gasteiger partial charge in [0, 0.05) is 29.4 Å². The molecule has 3 rings (SSSR count). The summed E-state index contributed by atoms with van der Waals surface area (Å²) in [5.74, 6) is -1.51. The fourth-order valence-electron chi connectivity index (χ4n) is 3.38. The Morgan fingerprint density at radius 1 is 1.09 bits per heavy atom. The summed E-state index contributed by atoms with van der Waals surface area (Å²) in [6.45, 7) is 8.61. The number of benzene rings is 1. The van der Waals surface area contributed by atoms with Gasteiger partial charge in [-0.15, -0.1) is 11.3 Å². The molecule has 0 unspecified atom stereocenters. The third kappa shape index (κ3) is 6.04. The van der Waals surface area contributed by atoms with Crippen LogP contribution in [0.1, 0.15) is 47.7 Å². The summed E-state index contributed by atoms with van der Waals surface area (Å²) < 4.78 is 68.4.